The molecule has 0 bridgehead atoms. The highest BCUT2D eigenvalue weighted by molar-refractivity contribution is 5.30. The molecule has 0 saturated heterocycles. The molecule has 0 aliphatic carbocycles. The van der Waals surface area contributed by atoms with Gasteiger partial charge in [0.25, 0.3) is 0 Å². The number of rotatable bonds is 6. The van der Waals surface area contributed by atoms with Gasteiger partial charge in [-0.1, -0.05) is 0 Å². The van der Waals surface area contributed by atoms with Crippen molar-refractivity contribution in [1.29, 1.82) is 0 Å². The van der Waals surface area contributed by atoms with Crippen molar-refractivity contribution in [2.24, 2.45) is 5.73 Å². The first kappa shape index (κ1) is 10.9. The van der Waals surface area contributed by atoms with Gasteiger partial charge in [-0.25, -0.2) is 0 Å². The predicted octanol–water partition coefficient (Wildman–Crippen LogP) is 1.81. The Morgan fingerprint density at radius 3 is 2.29 bits per heavy atom. The van der Waals surface area contributed by atoms with Gasteiger partial charge in [0.05, 0.1) is 13.7 Å². The number of hydrogen-bond donors (Lipinski definition) is 1. The highest BCUT2D eigenvalue weighted by atomic mass is 16.5. The third-order valence-corrected chi connectivity index (χ3v) is 1.93. The molecule has 14 heavy (non-hydrogen) atoms. The molecule has 3 heteroatoms. The summed E-state index contributed by atoms with van der Waals surface area (Å²) in [5.74, 6) is 1.72. The van der Waals surface area contributed by atoms with E-state index in [0.717, 1.165) is 37.5 Å². The van der Waals surface area contributed by atoms with Gasteiger partial charge in [0.15, 0.2) is 0 Å². The standard InChI is InChI=1S/C11H17NO2/c1-13-10-4-6-11(7-5-10)14-9-3-2-8-12/h4-7H,2-3,8-9,12H2,1H3. The smallest absolute Gasteiger partial charge is 0.119 e. The Morgan fingerprint density at radius 2 is 1.71 bits per heavy atom. The molecule has 2 N–H and O–H groups in total. The van der Waals surface area contributed by atoms with Crippen molar-refractivity contribution in [3.05, 3.63) is 24.3 Å². The maximum Gasteiger partial charge on any atom is 0.119 e. The number of unbranched alkanes of at least 4 members (excludes halogenated alkanes) is 1. The third kappa shape index (κ3) is 3.66. The Morgan fingerprint density at radius 1 is 1.07 bits per heavy atom. The number of methoxy groups -OCH3 is 1. The number of nitrogens with two attached hydrogens (primary N) is 1. The second-order valence-electron chi connectivity index (χ2n) is 3.02. The van der Waals surface area contributed by atoms with Crippen LogP contribution in [-0.2, 0) is 0 Å². The molecule has 0 fully saturated rings. The zero-order valence-electron chi connectivity index (χ0n) is 8.53. The van der Waals surface area contributed by atoms with E-state index in [0.29, 0.717) is 0 Å². The number of hydrogen-bond acceptors (Lipinski definition) is 3. The molecule has 1 rings (SSSR count). The molecular formula is C11H17NO2. The van der Waals surface area contributed by atoms with Crippen molar-refractivity contribution in [2.45, 2.75) is 12.8 Å². The third-order valence-electron chi connectivity index (χ3n) is 1.93. The minimum Gasteiger partial charge on any atom is -0.497 e. The predicted molar refractivity (Wildman–Crippen MR) is 56.8 cm³/mol. The van der Waals surface area contributed by atoms with Crippen LogP contribution in [0.15, 0.2) is 24.3 Å². The molecule has 0 spiro atoms. The first-order valence-corrected chi connectivity index (χ1v) is 4.83. The molecule has 0 aliphatic heterocycles. The Balaban J connectivity index is 2.29. The van der Waals surface area contributed by atoms with Gasteiger partial charge in [-0.05, 0) is 43.7 Å². The van der Waals surface area contributed by atoms with E-state index in [1.54, 1.807) is 7.11 Å². The van der Waals surface area contributed by atoms with E-state index >= 15 is 0 Å². The highest BCUT2D eigenvalue weighted by Crippen LogP contribution is 2.16. The Kier molecular flexibility index (Phi) is 4.86. The molecule has 78 valence electrons. The van der Waals surface area contributed by atoms with Gasteiger partial charge in [-0.15, -0.1) is 0 Å². The largest absolute Gasteiger partial charge is 0.497 e. The minimum atomic E-state index is 0.726. The maximum atomic E-state index is 5.50. The average Bonchev–Trinajstić information content (AvgIpc) is 2.25. The van der Waals surface area contributed by atoms with Crippen LogP contribution in [-0.4, -0.2) is 20.3 Å². The molecule has 0 saturated carbocycles. The van der Waals surface area contributed by atoms with Crippen LogP contribution in [0.25, 0.3) is 0 Å². The fourth-order valence-corrected chi connectivity index (χ4v) is 1.11. The summed E-state index contributed by atoms with van der Waals surface area (Å²) >= 11 is 0. The van der Waals surface area contributed by atoms with Crippen molar-refractivity contribution in [2.75, 3.05) is 20.3 Å². The fraction of sp³-hybridized carbons (Fsp3) is 0.455. The van der Waals surface area contributed by atoms with Crippen LogP contribution in [0.5, 0.6) is 11.5 Å². The summed E-state index contributed by atoms with van der Waals surface area (Å²) in [4.78, 5) is 0. The van der Waals surface area contributed by atoms with E-state index in [9.17, 15) is 0 Å². The monoisotopic (exact) mass is 195 g/mol. The molecule has 1 aromatic rings. The van der Waals surface area contributed by atoms with Crippen molar-refractivity contribution >= 4 is 0 Å². The van der Waals surface area contributed by atoms with Crippen molar-refractivity contribution in [3.63, 3.8) is 0 Å². The van der Waals surface area contributed by atoms with Crippen molar-refractivity contribution in [1.82, 2.24) is 0 Å². The summed E-state index contributed by atoms with van der Waals surface area (Å²) < 4.78 is 10.5. The van der Waals surface area contributed by atoms with Gasteiger partial charge in [0.2, 0.25) is 0 Å². The Bertz CT molecular complexity index is 246. The summed E-state index contributed by atoms with van der Waals surface area (Å²) in [6.07, 6.45) is 2.01. The first-order valence-electron chi connectivity index (χ1n) is 4.83. The Labute approximate surface area is 84.8 Å². The molecule has 1 aromatic carbocycles. The summed E-state index contributed by atoms with van der Waals surface area (Å²) in [5, 5.41) is 0. The van der Waals surface area contributed by atoms with Crippen LogP contribution >= 0.6 is 0 Å². The van der Waals surface area contributed by atoms with Gasteiger partial charge in [0.1, 0.15) is 11.5 Å². The van der Waals surface area contributed by atoms with Crippen LogP contribution in [0, 0.1) is 0 Å². The fourth-order valence-electron chi connectivity index (χ4n) is 1.11. The van der Waals surface area contributed by atoms with E-state index in [4.69, 9.17) is 15.2 Å². The normalized spacial score (nSPS) is 9.86. The van der Waals surface area contributed by atoms with Crippen LogP contribution in [0.1, 0.15) is 12.8 Å². The highest BCUT2D eigenvalue weighted by Gasteiger charge is 1.94. The minimum absolute atomic E-state index is 0.726. The summed E-state index contributed by atoms with van der Waals surface area (Å²) in [5.41, 5.74) is 5.37. The van der Waals surface area contributed by atoms with Gasteiger partial charge in [-0.3, -0.25) is 0 Å². The van der Waals surface area contributed by atoms with Gasteiger partial charge >= 0.3 is 0 Å². The SMILES string of the molecule is COc1ccc(OCCCCN)cc1. The van der Waals surface area contributed by atoms with E-state index in [1.807, 2.05) is 24.3 Å². The average molecular weight is 195 g/mol. The quantitative estimate of drug-likeness (QED) is 0.704. The van der Waals surface area contributed by atoms with Crippen LogP contribution in [0.2, 0.25) is 0 Å². The molecule has 0 unspecified atom stereocenters. The second kappa shape index (κ2) is 6.27. The molecular weight excluding hydrogens is 178 g/mol. The van der Waals surface area contributed by atoms with Crippen molar-refractivity contribution in [3.8, 4) is 11.5 Å². The van der Waals surface area contributed by atoms with E-state index in [1.165, 1.54) is 0 Å². The van der Waals surface area contributed by atoms with Crippen LogP contribution < -0.4 is 15.2 Å². The topological polar surface area (TPSA) is 44.5 Å². The Hall–Kier alpha value is -1.22. The molecule has 0 heterocycles. The molecule has 3 nitrogen and oxygen atoms in total. The lowest BCUT2D eigenvalue weighted by molar-refractivity contribution is 0.307. The molecule has 0 radical (unpaired) electrons. The van der Waals surface area contributed by atoms with Crippen LogP contribution in [0.4, 0.5) is 0 Å². The second-order valence-corrected chi connectivity index (χ2v) is 3.02. The molecule has 0 aromatic heterocycles. The van der Waals surface area contributed by atoms with E-state index < -0.39 is 0 Å². The van der Waals surface area contributed by atoms with Crippen molar-refractivity contribution < 1.29 is 9.47 Å². The zero-order valence-corrected chi connectivity index (χ0v) is 8.53. The summed E-state index contributed by atoms with van der Waals surface area (Å²) in [7, 11) is 1.65. The lowest BCUT2D eigenvalue weighted by atomic mass is 10.3. The molecule has 0 aliphatic rings. The van der Waals surface area contributed by atoms with E-state index in [2.05, 4.69) is 0 Å². The number of ether oxygens (including phenoxy) is 2. The van der Waals surface area contributed by atoms with Gasteiger partial charge < -0.3 is 15.2 Å². The zero-order chi connectivity index (χ0) is 10.2. The lowest BCUT2D eigenvalue weighted by Crippen LogP contribution is -2.03. The maximum absolute atomic E-state index is 5.50. The molecule has 0 atom stereocenters. The molecule has 0 amide bonds. The summed E-state index contributed by atoms with van der Waals surface area (Å²) in [6, 6.07) is 7.58. The van der Waals surface area contributed by atoms with Crippen LogP contribution in [0.3, 0.4) is 0 Å². The number of benzene rings is 1. The lowest BCUT2D eigenvalue weighted by Gasteiger charge is -2.06. The summed E-state index contributed by atoms with van der Waals surface area (Å²) in [6.45, 7) is 1.45. The first-order chi connectivity index (χ1) is 6.86. The van der Waals surface area contributed by atoms with E-state index in [-0.39, 0.29) is 0 Å². The van der Waals surface area contributed by atoms with Gasteiger partial charge in [-0.2, -0.15) is 0 Å². The van der Waals surface area contributed by atoms with Gasteiger partial charge in [0, 0.05) is 0 Å².